The van der Waals surface area contributed by atoms with Gasteiger partial charge in [0.1, 0.15) is 6.10 Å². The third kappa shape index (κ3) is 2.27. The Morgan fingerprint density at radius 1 is 1.42 bits per heavy atom. The lowest BCUT2D eigenvalue weighted by Gasteiger charge is -2.09. The van der Waals surface area contributed by atoms with Crippen molar-refractivity contribution in [3.8, 4) is 0 Å². The smallest absolute Gasteiger partial charge is 0.450 e. The first kappa shape index (κ1) is 8.59. The summed E-state index contributed by atoms with van der Waals surface area (Å²) in [6, 6.07) is 9.21. The summed E-state index contributed by atoms with van der Waals surface area (Å²) in [4.78, 5) is 10.2. The van der Waals surface area contributed by atoms with Crippen LogP contribution in [-0.4, -0.2) is 11.3 Å². The van der Waals surface area contributed by atoms with Crippen molar-refractivity contribution in [1.29, 1.82) is 0 Å². The topological polar surface area (TPSA) is 46.5 Å². The van der Waals surface area contributed by atoms with E-state index in [1.807, 2.05) is 30.3 Å². The summed E-state index contributed by atoms with van der Waals surface area (Å²) in [5.74, 6) is 0. The van der Waals surface area contributed by atoms with Crippen molar-refractivity contribution in [2.45, 2.75) is 13.0 Å². The normalized spacial score (nSPS) is 12.1. The summed E-state index contributed by atoms with van der Waals surface area (Å²) >= 11 is 0. The van der Waals surface area contributed by atoms with Crippen LogP contribution in [0.1, 0.15) is 18.6 Å². The molecule has 0 radical (unpaired) electrons. The molecule has 0 aliphatic carbocycles. The number of ether oxygens (including phenoxy) is 1. The van der Waals surface area contributed by atoms with Crippen LogP contribution in [0.3, 0.4) is 0 Å². The Kier molecular flexibility index (Phi) is 2.69. The minimum absolute atomic E-state index is 0.399. The van der Waals surface area contributed by atoms with Crippen LogP contribution in [0.5, 0.6) is 0 Å². The largest absolute Gasteiger partial charge is 0.506 e. The predicted octanol–water partition coefficient (Wildman–Crippen LogP) is 2.44. The summed E-state index contributed by atoms with van der Waals surface area (Å²) in [6.45, 7) is 1.70. The molecular weight excluding hydrogens is 156 g/mol. The Bertz CT molecular complexity index is 256. The van der Waals surface area contributed by atoms with E-state index in [1.54, 1.807) is 6.92 Å². The lowest BCUT2D eigenvalue weighted by molar-refractivity contribution is 0.0587. The van der Waals surface area contributed by atoms with Gasteiger partial charge in [0.2, 0.25) is 0 Å². The predicted molar refractivity (Wildman–Crippen MR) is 44.0 cm³/mol. The number of benzene rings is 1. The number of carboxylic acid groups (broad SMARTS) is 1. The van der Waals surface area contributed by atoms with Crippen LogP contribution < -0.4 is 0 Å². The van der Waals surface area contributed by atoms with Gasteiger partial charge in [0.15, 0.2) is 0 Å². The molecule has 12 heavy (non-hydrogen) atoms. The third-order valence-electron chi connectivity index (χ3n) is 1.55. The molecule has 0 aliphatic heterocycles. The monoisotopic (exact) mass is 166 g/mol. The van der Waals surface area contributed by atoms with Crippen LogP contribution in [0.15, 0.2) is 30.3 Å². The molecule has 0 spiro atoms. The molecule has 0 unspecified atom stereocenters. The molecule has 0 bridgehead atoms. The van der Waals surface area contributed by atoms with Gasteiger partial charge < -0.3 is 9.84 Å². The SMILES string of the molecule is C[C@H](OC(=O)O)c1ccccc1. The average molecular weight is 166 g/mol. The highest BCUT2D eigenvalue weighted by Crippen LogP contribution is 2.15. The van der Waals surface area contributed by atoms with Crippen LogP contribution in [0.4, 0.5) is 4.79 Å². The fraction of sp³-hybridized carbons (Fsp3) is 0.222. The van der Waals surface area contributed by atoms with Gasteiger partial charge in [-0.05, 0) is 12.5 Å². The zero-order valence-electron chi connectivity index (χ0n) is 6.73. The fourth-order valence-corrected chi connectivity index (χ4v) is 0.943. The van der Waals surface area contributed by atoms with Crippen LogP contribution in [0.2, 0.25) is 0 Å². The second kappa shape index (κ2) is 3.76. The highest BCUT2D eigenvalue weighted by atomic mass is 16.7. The number of hydrogen-bond acceptors (Lipinski definition) is 2. The lowest BCUT2D eigenvalue weighted by Crippen LogP contribution is -2.05. The van der Waals surface area contributed by atoms with E-state index in [-0.39, 0.29) is 0 Å². The maximum absolute atomic E-state index is 10.2. The van der Waals surface area contributed by atoms with Gasteiger partial charge in [-0.2, -0.15) is 0 Å². The average Bonchev–Trinajstić information content (AvgIpc) is 2.05. The highest BCUT2D eigenvalue weighted by molar-refractivity contribution is 5.57. The number of carbonyl (C=O) groups is 1. The molecule has 0 heterocycles. The number of rotatable bonds is 2. The zero-order valence-corrected chi connectivity index (χ0v) is 6.73. The van der Waals surface area contributed by atoms with Crippen molar-refractivity contribution in [2.24, 2.45) is 0 Å². The lowest BCUT2D eigenvalue weighted by atomic mass is 10.1. The van der Waals surface area contributed by atoms with Crippen LogP contribution >= 0.6 is 0 Å². The second-order valence-corrected chi connectivity index (χ2v) is 2.44. The van der Waals surface area contributed by atoms with Crippen LogP contribution in [0.25, 0.3) is 0 Å². The first-order valence-corrected chi connectivity index (χ1v) is 3.64. The Hall–Kier alpha value is -1.51. The molecule has 0 saturated heterocycles. The first-order chi connectivity index (χ1) is 5.70. The third-order valence-corrected chi connectivity index (χ3v) is 1.55. The Morgan fingerprint density at radius 3 is 2.50 bits per heavy atom. The molecule has 0 aromatic heterocycles. The van der Waals surface area contributed by atoms with Gasteiger partial charge in [0, 0.05) is 0 Å². The highest BCUT2D eigenvalue weighted by Gasteiger charge is 2.08. The molecule has 1 aromatic carbocycles. The van der Waals surface area contributed by atoms with E-state index < -0.39 is 12.3 Å². The molecule has 0 saturated carbocycles. The van der Waals surface area contributed by atoms with E-state index in [0.29, 0.717) is 0 Å². The van der Waals surface area contributed by atoms with Gasteiger partial charge >= 0.3 is 6.16 Å². The maximum atomic E-state index is 10.2. The summed E-state index contributed by atoms with van der Waals surface area (Å²) in [7, 11) is 0. The molecule has 0 fully saturated rings. The van der Waals surface area contributed by atoms with E-state index in [0.717, 1.165) is 5.56 Å². The molecule has 0 amide bonds. The molecule has 1 atom stereocenters. The quantitative estimate of drug-likeness (QED) is 0.686. The van der Waals surface area contributed by atoms with Crippen LogP contribution in [0, 0.1) is 0 Å². The number of hydrogen-bond donors (Lipinski definition) is 1. The van der Waals surface area contributed by atoms with Crippen molar-refractivity contribution in [3.05, 3.63) is 35.9 Å². The molecule has 0 aliphatic rings. The summed E-state index contributed by atoms with van der Waals surface area (Å²) in [5.41, 5.74) is 0.861. The summed E-state index contributed by atoms with van der Waals surface area (Å²) in [6.07, 6.45) is -1.64. The van der Waals surface area contributed by atoms with Crippen molar-refractivity contribution in [1.82, 2.24) is 0 Å². The van der Waals surface area contributed by atoms with Gasteiger partial charge in [-0.15, -0.1) is 0 Å². The van der Waals surface area contributed by atoms with Crippen molar-refractivity contribution < 1.29 is 14.6 Å². The molecule has 3 heteroatoms. The van der Waals surface area contributed by atoms with Crippen molar-refractivity contribution in [3.63, 3.8) is 0 Å². The molecule has 1 N–H and O–H groups in total. The van der Waals surface area contributed by atoms with E-state index >= 15 is 0 Å². The molecule has 64 valence electrons. The van der Waals surface area contributed by atoms with Gasteiger partial charge in [-0.1, -0.05) is 30.3 Å². The van der Waals surface area contributed by atoms with Crippen LogP contribution in [-0.2, 0) is 4.74 Å². The Balaban J connectivity index is 2.65. The van der Waals surface area contributed by atoms with E-state index in [2.05, 4.69) is 4.74 Å². The maximum Gasteiger partial charge on any atom is 0.506 e. The zero-order chi connectivity index (χ0) is 8.97. The Morgan fingerprint density at radius 2 is 2.00 bits per heavy atom. The molecular formula is C9H10O3. The molecule has 1 aromatic rings. The first-order valence-electron chi connectivity index (χ1n) is 3.64. The van der Waals surface area contributed by atoms with Crippen molar-refractivity contribution >= 4 is 6.16 Å². The van der Waals surface area contributed by atoms with Gasteiger partial charge in [-0.3, -0.25) is 0 Å². The van der Waals surface area contributed by atoms with Gasteiger partial charge in [-0.25, -0.2) is 4.79 Å². The Labute approximate surface area is 70.6 Å². The standard InChI is InChI=1S/C9H10O3/c1-7(12-9(10)11)8-5-3-2-4-6-8/h2-7H,1H3,(H,10,11)/t7-/m0/s1. The molecule has 3 nitrogen and oxygen atoms in total. The minimum Gasteiger partial charge on any atom is -0.450 e. The van der Waals surface area contributed by atoms with Gasteiger partial charge in [0.25, 0.3) is 0 Å². The van der Waals surface area contributed by atoms with Crippen molar-refractivity contribution in [2.75, 3.05) is 0 Å². The second-order valence-electron chi connectivity index (χ2n) is 2.44. The van der Waals surface area contributed by atoms with Gasteiger partial charge in [0.05, 0.1) is 0 Å². The fourth-order valence-electron chi connectivity index (χ4n) is 0.943. The van der Waals surface area contributed by atoms with E-state index in [9.17, 15) is 4.79 Å². The van der Waals surface area contributed by atoms with E-state index in [4.69, 9.17) is 5.11 Å². The summed E-state index contributed by atoms with van der Waals surface area (Å²) in [5, 5.41) is 8.32. The minimum atomic E-state index is -1.24. The summed E-state index contributed by atoms with van der Waals surface area (Å²) < 4.78 is 4.55. The van der Waals surface area contributed by atoms with E-state index in [1.165, 1.54) is 0 Å². The molecule has 1 rings (SSSR count).